The fourth-order valence-electron chi connectivity index (χ4n) is 2.10. The van der Waals surface area contributed by atoms with E-state index >= 15 is 0 Å². The lowest BCUT2D eigenvalue weighted by Gasteiger charge is -2.19. The molecule has 0 radical (unpaired) electrons. The molecule has 1 fully saturated rings. The summed E-state index contributed by atoms with van der Waals surface area (Å²) in [4.78, 5) is 11.9. The van der Waals surface area contributed by atoms with Gasteiger partial charge in [-0.15, -0.1) is 0 Å². The van der Waals surface area contributed by atoms with Crippen molar-refractivity contribution >= 4 is 5.91 Å². The number of benzene rings is 1. The molecule has 1 aliphatic heterocycles. The Bertz CT molecular complexity index is 361. The maximum absolute atomic E-state index is 11.9. The zero-order chi connectivity index (χ0) is 12.1. The number of hydrogen-bond donors (Lipinski definition) is 3. The average molecular weight is 234 g/mol. The van der Waals surface area contributed by atoms with Gasteiger partial charge in [-0.05, 0) is 24.9 Å². The second kappa shape index (κ2) is 5.80. The van der Waals surface area contributed by atoms with Gasteiger partial charge in [0.1, 0.15) is 0 Å². The van der Waals surface area contributed by atoms with Crippen LogP contribution >= 0.6 is 0 Å². The van der Waals surface area contributed by atoms with Gasteiger partial charge in [0, 0.05) is 0 Å². The Balaban J connectivity index is 1.97. The van der Waals surface area contributed by atoms with Gasteiger partial charge >= 0.3 is 0 Å². The molecule has 0 aliphatic carbocycles. The normalized spacial score (nSPS) is 21.1. The first-order valence-corrected chi connectivity index (χ1v) is 6.01. The van der Waals surface area contributed by atoms with Crippen molar-refractivity contribution in [2.75, 3.05) is 13.2 Å². The van der Waals surface area contributed by atoms with E-state index in [2.05, 4.69) is 10.6 Å². The molecule has 1 unspecified atom stereocenters. The molecule has 92 valence electrons. The minimum atomic E-state index is -0.314. The molecule has 0 spiro atoms. The van der Waals surface area contributed by atoms with Crippen molar-refractivity contribution in [3.8, 4) is 0 Å². The Morgan fingerprint density at radius 1 is 1.47 bits per heavy atom. The second-order valence-corrected chi connectivity index (χ2v) is 4.30. The van der Waals surface area contributed by atoms with E-state index in [-0.39, 0.29) is 24.6 Å². The number of aliphatic hydroxyl groups is 1. The Hall–Kier alpha value is -1.39. The van der Waals surface area contributed by atoms with E-state index < -0.39 is 0 Å². The topological polar surface area (TPSA) is 61.4 Å². The highest BCUT2D eigenvalue weighted by atomic mass is 16.3. The third-order valence-electron chi connectivity index (χ3n) is 3.08. The van der Waals surface area contributed by atoms with Gasteiger partial charge in [0.15, 0.2) is 0 Å². The summed E-state index contributed by atoms with van der Waals surface area (Å²) < 4.78 is 0. The molecule has 4 heteroatoms. The van der Waals surface area contributed by atoms with Crippen LogP contribution in [0.3, 0.4) is 0 Å². The molecule has 2 atom stereocenters. The Kier molecular flexibility index (Phi) is 4.12. The standard InChI is InChI=1S/C13H18N2O2/c16-9-12(10-5-2-1-3-6-10)15-13(17)11-7-4-8-14-11/h1-3,5-6,11-12,14,16H,4,7-9H2,(H,15,17)/t11-,12?/m0/s1. The maximum atomic E-state index is 11.9. The molecule has 1 heterocycles. The Morgan fingerprint density at radius 3 is 2.82 bits per heavy atom. The van der Waals surface area contributed by atoms with E-state index in [4.69, 9.17) is 0 Å². The molecule has 1 aliphatic rings. The molecule has 1 saturated heterocycles. The van der Waals surface area contributed by atoms with Crippen LogP contribution in [0.1, 0.15) is 24.4 Å². The van der Waals surface area contributed by atoms with Crippen LogP contribution < -0.4 is 10.6 Å². The lowest BCUT2D eigenvalue weighted by atomic mass is 10.1. The third-order valence-corrected chi connectivity index (χ3v) is 3.08. The van der Waals surface area contributed by atoms with Crippen LogP contribution in [-0.2, 0) is 4.79 Å². The van der Waals surface area contributed by atoms with Crippen LogP contribution in [0.25, 0.3) is 0 Å². The Morgan fingerprint density at radius 2 is 2.24 bits per heavy atom. The SMILES string of the molecule is O=C(NC(CO)c1ccccc1)[C@@H]1CCCN1. The number of rotatable bonds is 4. The molecule has 1 aromatic carbocycles. The van der Waals surface area contributed by atoms with Crippen LogP contribution in [0.2, 0.25) is 0 Å². The summed E-state index contributed by atoms with van der Waals surface area (Å²) in [5.74, 6) is -0.0228. The maximum Gasteiger partial charge on any atom is 0.237 e. The van der Waals surface area contributed by atoms with Gasteiger partial charge in [0.2, 0.25) is 5.91 Å². The summed E-state index contributed by atoms with van der Waals surface area (Å²) in [6.45, 7) is 0.815. The zero-order valence-electron chi connectivity index (χ0n) is 9.73. The first kappa shape index (κ1) is 12.1. The van der Waals surface area contributed by atoms with E-state index in [1.165, 1.54) is 0 Å². The molecule has 0 bridgehead atoms. The summed E-state index contributed by atoms with van der Waals surface area (Å²) in [7, 11) is 0. The van der Waals surface area contributed by atoms with Crippen molar-refractivity contribution in [3.05, 3.63) is 35.9 Å². The molecular weight excluding hydrogens is 216 g/mol. The highest BCUT2D eigenvalue weighted by Gasteiger charge is 2.24. The number of nitrogens with one attached hydrogen (secondary N) is 2. The molecule has 17 heavy (non-hydrogen) atoms. The largest absolute Gasteiger partial charge is 0.394 e. The molecule has 3 N–H and O–H groups in total. The van der Waals surface area contributed by atoms with Crippen molar-refractivity contribution in [1.82, 2.24) is 10.6 Å². The van der Waals surface area contributed by atoms with E-state index in [9.17, 15) is 9.90 Å². The highest BCUT2D eigenvalue weighted by molar-refractivity contribution is 5.82. The fraction of sp³-hybridized carbons (Fsp3) is 0.462. The monoisotopic (exact) mass is 234 g/mol. The number of hydrogen-bond acceptors (Lipinski definition) is 3. The minimum Gasteiger partial charge on any atom is -0.394 e. The van der Waals surface area contributed by atoms with Crippen LogP contribution in [0.15, 0.2) is 30.3 Å². The quantitative estimate of drug-likeness (QED) is 0.714. The molecule has 1 aromatic rings. The predicted octanol–water partition coefficient (Wildman–Crippen LogP) is 0.588. The van der Waals surface area contributed by atoms with E-state index in [0.717, 1.165) is 24.9 Å². The summed E-state index contributed by atoms with van der Waals surface area (Å²) in [6, 6.07) is 9.11. The number of amides is 1. The minimum absolute atomic E-state index is 0.0228. The lowest BCUT2D eigenvalue weighted by Crippen LogP contribution is -2.42. The van der Waals surface area contributed by atoms with Gasteiger partial charge in [0.05, 0.1) is 18.7 Å². The van der Waals surface area contributed by atoms with Crippen molar-refractivity contribution in [3.63, 3.8) is 0 Å². The van der Waals surface area contributed by atoms with Crippen molar-refractivity contribution in [2.45, 2.75) is 24.9 Å². The van der Waals surface area contributed by atoms with Crippen LogP contribution in [0, 0.1) is 0 Å². The molecule has 2 rings (SSSR count). The van der Waals surface area contributed by atoms with Gasteiger partial charge in [0.25, 0.3) is 0 Å². The van der Waals surface area contributed by atoms with Crippen LogP contribution in [0.4, 0.5) is 0 Å². The predicted molar refractivity (Wildman–Crippen MR) is 65.4 cm³/mol. The average Bonchev–Trinajstić information content (AvgIpc) is 2.90. The summed E-state index contributed by atoms with van der Waals surface area (Å²) in [5.41, 5.74) is 0.932. The summed E-state index contributed by atoms with van der Waals surface area (Å²) >= 11 is 0. The Labute approximate surface area is 101 Å². The smallest absolute Gasteiger partial charge is 0.237 e. The third kappa shape index (κ3) is 3.05. The van der Waals surface area contributed by atoms with Crippen LogP contribution in [0.5, 0.6) is 0 Å². The molecule has 0 aromatic heterocycles. The van der Waals surface area contributed by atoms with E-state index in [1.807, 2.05) is 30.3 Å². The van der Waals surface area contributed by atoms with Crippen LogP contribution in [-0.4, -0.2) is 30.2 Å². The van der Waals surface area contributed by atoms with Gasteiger partial charge in [-0.2, -0.15) is 0 Å². The van der Waals surface area contributed by atoms with Gasteiger partial charge in [-0.25, -0.2) is 0 Å². The number of carbonyl (C=O) groups excluding carboxylic acids is 1. The van der Waals surface area contributed by atoms with Gasteiger partial charge in [-0.3, -0.25) is 4.79 Å². The second-order valence-electron chi connectivity index (χ2n) is 4.30. The molecular formula is C13H18N2O2. The highest BCUT2D eigenvalue weighted by Crippen LogP contribution is 2.13. The molecule has 4 nitrogen and oxygen atoms in total. The summed E-state index contributed by atoms with van der Waals surface area (Å²) in [5, 5.41) is 15.4. The summed E-state index contributed by atoms with van der Waals surface area (Å²) in [6.07, 6.45) is 1.91. The first-order valence-electron chi connectivity index (χ1n) is 6.01. The van der Waals surface area contributed by atoms with Crippen molar-refractivity contribution < 1.29 is 9.90 Å². The van der Waals surface area contributed by atoms with Gasteiger partial charge in [-0.1, -0.05) is 30.3 Å². The zero-order valence-corrected chi connectivity index (χ0v) is 9.73. The van der Waals surface area contributed by atoms with E-state index in [1.54, 1.807) is 0 Å². The first-order chi connectivity index (χ1) is 8.31. The van der Waals surface area contributed by atoms with Crippen molar-refractivity contribution in [1.29, 1.82) is 0 Å². The lowest BCUT2D eigenvalue weighted by molar-refractivity contribution is -0.123. The van der Waals surface area contributed by atoms with Crippen molar-refractivity contribution in [2.24, 2.45) is 0 Å². The fourth-order valence-corrected chi connectivity index (χ4v) is 2.10. The van der Waals surface area contributed by atoms with Gasteiger partial charge < -0.3 is 15.7 Å². The molecule has 0 saturated carbocycles. The number of carbonyl (C=O) groups is 1. The van der Waals surface area contributed by atoms with E-state index in [0.29, 0.717) is 0 Å². The number of aliphatic hydroxyl groups excluding tert-OH is 1. The molecule has 1 amide bonds.